The molecule has 30 heavy (non-hydrogen) atoms. The Morgan fingerprint density at radius 3 is 2.53 bits per heavy atom. The molecule has 1 aromatic carbocycles. The van der Waals surface area contributed by atoms with Crippen LogP contribution in [0, 0.1) is 11.8 Å². The maximum atomic E-state index is 13.1. The van der Waals surface area contributed by atoms with Crippen LogP contribution in [-0.4, -0.2) is 40.1 Å². The van der Waals surface area contributed by atoms with Crippen molar-refractivity contribution in [1.82, 2.24) is 20.4 Å². The zero-order chi connectivity index (χ0) is 21.7. The maximum absolute atomic E-state index is 13.1. The van der Waals surface area contributed by atoms with Gasteiger partial charge in [-0.05, 0) is 30.7 Å². The monoisotopic (exact) mass is 413 g/mol. The third kappa shape index (κ3) is 5.17. The van der Waals surface area contributed by atoms with Gasteiger partial charge in [-0.15, -0.1) is 0 Å². The minimum atomic E-state index is -0.792. The molecule has 0 spiro atoms. The lowest BCUT2D eigenvalue weighted by Crippen LogP contribution is -2.51. The van der Waals surface area contributed by atoms with Gasteiger partial charge in [0.05, 0.1) is 12.1 Å². The maximum Gasteiger partial charge on any atom is 0.273 e. The summed E-state index contributed by atoms with van der Waals surface area (Å²) >= 11 is 0. The van der Waals surface area contributed by atoms with Gasteiger partial charge in [0.2, 0.25) is 11.8 Å². The summed E-state index contributed by atoms with van der Waals surface area (Å²) < 4.78 is 1.93. The summed E-state index contributed by atoms with van der Waals surface area (Å²) in [4.78, 5) is 36.5. The summed E-state index contributed by atoms with van der Waals surface area (Å²) in [5.41, 5.74) is 6.34. The molecule has 0 radical (unpaired) electrons. The molecule has 1 aliphatic rings. The van der Waals surface area contributed by atoms with E-state index in [9.17, 15) is 14.4 Å². The number of primary amides is 1. The third-order valence-corrected chi connectivity index (χ3v) is 5.70. The van der Waals surface area contributed by atoms with Crippen LogP contribution in [0.5, 0.6) is 0 Å². The minimum absolute atomic E-state index is 0.169. The largest absolute Gasteiger partial charge is 0.368 e. The van der Waals surface area contributed by atoms with E-state index < -0.39 is 23.8 Å². The smallest absolute Gasteiger partial charge is 0.273 e. The quantitative estimate of drug-likeness (QED) is 0.613. The van der Waals surface area contributed by atoms with Crippen LogP contribution in [0.3, 0.4) is 0 Å². The Labute approximate surface area is 176 Å². The van der Waals surface area contributed by atoms with Gasteiger partial charge >= 0.3 is 0 Å². The van der Waals surface area contributed by atoms with E-state index in [-0.39, 0.29) is 12.5 Å². The van der Waals surface area contributed by atoms with E-state index in [2.05, 4.69) is 15.7 Å². The molecule has 3 amide bonds. The van der Waals surface area contributed by atoms with Crippen molar-refractivity contribution in [2.75, 3.05) is 6.54 Å². The van der Waals surface area contributed by atoms with Crippen molar-refractivity contribution >= 4 is 28.6 Å². The van der Waals surface area contributed by atoms with E-state index in [4.69, 9.17) is 5.73 Å². The second-order valence-electron chi connectivity index (χ2n) is 8.43. The molecule has 0 unspecified atom stereocenters. The van der Waals surface area contributed by atoms with Crippen LogP contribution >= 0.6 is 0 Å². The van der Waals surface area contributed by atoms with Crippen LogP contribution in [0.4, 0.5) is 0 Å². The van der Waals surface area contributed by atoms with Gasteiger partial charge in [-0.3, -0.25) is 19.1 Å². The van der Waals surface area contributed by atoms with Crippen molar-refractivity contribution in [2.45, 2.75) is 58.5 Å². The predicted molar refractivity (Wildman–Crippen MR) is 115 cm³/mol. The van der Waals surface area contributed by atoms with Crippen LogP contribution in [0.1, 0.15) is 56.4 Å². The van der Waals surface area contributed by atoms with Crippen LogP contribution in [-0.2, 0) is 16.1 Å². The number of aromatic nitrogens is 2. The molecule has 0 aliphatic heterocycles. The fraction of sp³-hybridized carbons (Fsp3) is 0.545. The first-order valence-corrected chi connectivity index (χ1v) is 10.7. The van der Waals surface area contributed by atoms with Crippen molar-refractivity contribution in [3.63, 3.8) is 0 Å². The second kappa shape index (κ2) is 9.73. The Morgan fingerprint density at radius 1 is 1.17 bits per heavy atom. The number of hydrogen-bond donors (Lipinski definition) is 3. The number of nitrogens with two attached hydrogens (primary N) is 1. The standard InChI is InChI=1S/C22H31N5O3/c1-14(2)19(21(29)24-12-18(23)28)25-22(30)20-16-10-6-7-11-17(16)27(26-20)13-15-8-4-3-5-9-15/h6-7,10-11,14-15,19H,3-5,8-9,12-13H2,1-2H3,(H2,23,28)(H,24,29)(H,25,30)/t19-/m0/s1. The van der Waals surface area contributed by atoms with Crippen LogP contribution in [0.2, 0.25) is 0 Å². The van der Waals surface area contributed by atoms with Gasteiger partial charge in [-0.1, -0.05) is 51.3 Å². The number of para-hydroxylation sites is 1. The SMILES string of the molecule is CC(C)[C@H](NC(=O)c1nn(CC2CCCCC2)c2ccccc12)C(=O)NCC(N)=O. The number of hydrogen-bond acceptors (Lipinski definition) is 4. The molecule has 1 aliphatic carbocycles. The van der Waals surface area contributed by atoms with Gasteiger partial charge in [-0.25, -0.2) is 0 Å². The van der Waals surface area contributed by atoms with Gasteiger partial charge < -0.3 is 16.4 Å². The van der Waals surface area contributed by atoms with E-state index in [0.29, 0.717) is 11.6 Å². The predicted octanol–water partition coefficient (Wildman–Crippen LogP) is 1.97. The number of nitrogens with zero attached hydrogens (tertiary/aromatic N) is 2. The first-order valence-electron chi connectivity index (χ1n) is 10.7. The normalized spacial score (nSPS) is 15.8. The van der Waals surface area contributed by atoms with Gasteiger partial charge in [0, 0.05) is 11.9 Å². The Balaban J connectivity index is 1.81. The Morgan fingerprint density at radius 2 is 1.87 bits per heavy atom. The highest BCUT2D eigenvalue weighted by Gasteiger charge is 2.27. The number of rotatable bonds is 8. The number of benzene rings is 1. The number of carbonyl (C=O) groups excluding carboxylic acids is 3. The van der Waals surface area contributed by atoms with Crippen molar-refractivity contribution in [3.05, 3.63) is 30.0 Å². The highest BCUT2D eigenvalue weighted by molar-refractivity contribution is 6.06. The van der Waals surface area contributed by atoms with Crippen molar-refractivity contribution < 1.29 is 14.4 Å². The van der Waals surface area contributed by atoms with Gasteiger partial charge in [0.1, 0.15) is 6.04 Å². The molecule has 4 N–H and O–H groups in total. The van der Waals surface area contributed by atoms with Crippen LogP contribution in [0.15, 0.2) is 24.3 Å². The summed E-state index contributed by atoms with van der Waals surface area (Å²) in [6, 6.07) is 6.88. The van der Waals surface area contributed by atoms with Crippen molar-refractivity contribution in [3.8, 4) is 0 Å². The van der Waals surface area contributed by atoms with E-state index in [1.54, 1.807) is 0 Å². The fourth-order valence-electron chi connectivity index (χ4n) is 4.08. The Kier molecular flexibility index (Phi) is 7.07. The second-order valence-corrected chi connectivity index (χ2v) is 8.43. The number of nitrogens with one attached hydrogen (secondary N) is 2. The lowest BCUT2D eigenvalue weighted by molar-refractivity contribution is -0.126. The summed E-state index contributed by atoms with van der Waals surface area (Å²) in [6.45, 7) is 4.18. The molecule has 3 rings (SSSR count). The zero-order valence-corrected chi connectivity index (χ0v) is 17.7. The average Bonchev–Trinajstić information content (AvgIpc) is 3.09. The fourth-order valence-corrected chi connectivity index (χ4v) is 4.08. The summed E-state index contributed by atoms with van der Waals surface area (Å²) in [5, 5.41) is 10.6. The molecular formula is C22H31N5O3. The molecule has 2 aromatic rings. The minimum Gasteiger partial charge on any atom is -0.368 e. The third-order valence-electron chi connectivity index (χ3n) is 5.70. The lowest BCUT2D eigenvalue weighted by Gasteiger charge is -2.21. The molecule has 1 saturated carbocycles. The number of fused-ring (bicyclic) bond motifs is 1. The molecule has 1 fully saturated rings. The van der Waals surface area contributed by atoms with Gasteiger partial charge in [0.15, 0.2) is 5.69 Å². The number of amides is 3. The van der Waals surface area contributed by atoms with Gasteiger partial charge in [0.25, 0.3) is 5.91 Å². The highest BCUT2D eigenvalue weighted by atomic mass is 16.2. The molecule has 8 nitrogen and oxygen atoms in total. The first-order chi connectivity index (χ1) is 14.4. The van der Waals surface area contributed by atoms with E-state index >= 15 is 0 Å². The molecule has 1 heterocycles. The Hall–Kier alpha value is -2.90. The Bertz CT molecular complexity index is 915. The molecule has 1 atom stereocenters. The van der Waals surface area contributed by atoms with Crippen LogP contribution in [0.25, 0.3) is 10.9 Å². The topological polar surface area (TPSA) is 119 Å². The molecule has 162 valence electrons. The molecule has 1 aromatic heterocycles. The first kappa shape index (κ1) is 21.8. The summed E-state index contributed by atoms with van der Waals surface area (Å²) in [5.74, 6) is -1.08. The molecular weight excluding hydrogens is 382 g/mol. The average molecular weight is 414 g/mol. The molecule has 8 heteroatoms. The zero-order valence-electron chi connectivity index (χ0n) is 17.7. The summed E-state index contributed by atoms with van der Waals surface area (Å²) in [7, 11) is 0. The lowest BCUT2D eigenvalue weighted by atomic mass is 9.89. The van der Waals surface area contributed by atoms with Crippen molar-refractivity contribution in [2.24, 2.45) is 17.6 Å². The van der Waals surface area contributed by atoms with Gasteiger partial charge in [-0.2, -0.15) is 5.10 Å². The van der Waals surface area contributed by atoms with E-state index in [1.807, 2.05) is 42.8 Å². The van der Waals surface area contributed by atoms with Crippen LogP contribution < -0.4 is 16.4 Å². The number of carbonyl (C=O) groups is 3. The van der Waals surface area contributed by atoms with E-state index in [0.717, 1.165) is 17.4 Å². The molecule has 0 saturated heterocycles. The van der Waals surface area contributed by atoms with E-state index in [1.165, 1.54) is 32.1 Å². The molecule has 0 bridgehead atoms. The summed E-state index contributed by atoms with van der Waals surface area (Å²) in [6.07, 6.45) is 6.15. The van der Waals surface area contributed by atoms with Crippen molar-refractivity contribution in [1.29, 1.82) is 0 Å². The highest BCUT2D eigenvalue weighted by Crippen LogP contribution is 2.27.